The molecule has 0 radical (unpaired) electrons. The van der Waals surface area contributed by atoms with E-state index in [0.29, 0.717) is 0 Å². The van der Waals surface area contributed by atoms with E-state index in [0.717, 1.165) is 21.9 Å². The van der Waals surface area contributed by atoms with Crippen LogP contribution in [0.25, 0.3) is 0 Å². The van der Waals surface area contributed by atoms with Crippen molar-refractivity contribution in [2.75, 3.05) is 5.73 Å². The van der Waals surface area contributed by atoms with Gasteiger partial charge in [-0.2, -0.15) is 0 Å². The maximum Gasteiger partial charge on any atom is 0.0467 e. The van der Waals surface area contributed by atoms with Crippen molar-refractivity contribution in [3.63, 3.8) is 0 Å². The number of rotatable bonds is 2. The molecular weight excluding hydrogens is 238 g/mol. The van der Waals surface area contributed by atoms with Gasteiger partial charge in [-0.1, -0.05) is 31.4 Å². The summed E-state index contributed by atoms with van der Waals surface area (Å²) in [6, 6.07) is 5.81. The Morgan fingerprint density at radius 3 is 2.88 bits per heavy atom. The maximum atomic E-state index is 5.97. The van der Waals surface area contributed by atoms with Crippen LogP contribution in [0.2, 0.25) is 5.02 Å². The number of hydrogen-bond donors (Lipinski definition) is 1. The number of hydrogen-bond acceptors (Lipinski definition) is 2. The molecule has 2 N–H and O–H groups in total. The lowest BCUT2D eigenvalue weighted by Gasteiger charge is -2.26. The van der Waals surface area contributed by atoms with Crippen LogP contribution in [0.3, 0.4) is 0 Å². The molecule has 2 atom stereocenters. The third-order valence-electron chi connectivity index (χ3n) is 3.15. The molecule has 0 bridgehead atoms. The lowest BCUT2D eigenvalue weighted by molar-refractivity contribution is 0.394. The predicted molar refractivity (Wildman–Crippen MR) is 73.1 cm³/mol. The first-order valence-corrected chi connectivity index (χ1v) is 7.12. The largest absolute Gasteiger partial charge is 0.398 e. The van der Waals surface area contributed by atoms with E-state index in [4.69, 9.17) is 17.3 Å². The van der Waals surface area contributed by atoms with Crippen LogP contribution in [-0.2, 0) is 0 Å². The minimum Gasteiger partial charge on any atom is -0.398 e. The summed E-state index contributed by atoms with van der Waals surface area (Å²) in [4.78, 5) is 1.18. The highest BCUT2D eigenvalue weighted by Crippen LogP contribution is 2.38. The molecule has 2 rings (SSSR count). The van der Waals surface area contributed by atoms with Crippen molar-refractivity contribution in [3.8, 4) is 0 Å². The minimum absolute atomic E-state index is 0.721. The van der Waals surface area contributed by atoms with Crippen LogP contribution in [-0.4, -0.2) is 5.25 Å². The van der Waals surface area contributed by atoms with Gasteiger partial charge in [-0.3, -0.25) is 0 Å². The van der Waals surface area contributed by atoms with Gasteiger partial charge >= 0.3 is 0 Å². The summed E-state index contributed by atoms with van der Waals surface area (Å²) < 4.78 is 0. The average Bonchev–Trinajstić information content (AvgIpc) is 2.22. The molecule has 3 heteroatoms. The lowest BCUT2D eigenvalue weighted by atomic mass is 9.91. The van der Waals surface area contributed by atoms with Crippen LogP contribution in [0.15, 0.2) is 23.1 Å². The van der Waals surface area contributed by atoms with Crippen molar-refractivity contribution in [1.82, 2.24) is 0 Å². The summed E-state index contributed by atoms with van der Waals surface area (Å²) in [6.07, 6.45) is 5.36. The van der Waals surface area contributed by atoms with Crippen LogP contribution in [0.5, 0.6) is 0 Å². The standard InChI is InChI=1S/C13H18ClNS/c1-9-3-2-4-11(7-9)16-13-6-5-10(14)8-12(13)15/h5-6,8-9,11H,2-4,7,15H2,1H3. The monoisotopic (exact) mass is 255 g/mol. The molecule has 0 amide bonds. The molecule has 1 saturated carbocycles. The molecule has 1 nitrogen and oxygen atoms in total. The molecule has 0 aromatic heterocycles. The summed E-state index contributed by atoms with van der Waals surface area (Å²) in [6.45, 7) is 2.35. The van der Waals surface area contributed by atoms with E-state index in [1.165, 1.54) is 30.6 Å². The number of benzene rings is 1. The van der Waals surface area contributed by atoms with Gasteiger partial charge in [0.1, 0.15) is 0 Å². The smallest absolute Gasteiger partial charge is 0.0467 e. The Morgan fingerprint density at radius 1 is 1.38 bits per heavy atom. The van der Waals surface area contributed by atoms with Gasteiger partial charge < -0.3 is 5.73 Å². The quantitative estimate of drug-likeness (QED) is 0.782. The van der Waals surface area contributed by atoms with E-state index in [9.17, 15) is 0 Å². The first-order chi connectivity index (χ1) is 7.65. The van der Waals surface area contributed by atoms with Crippen molar-refractivity contribution in [3.05, 3.63) is 23.2 Å². The lowest BCUT2D eigenvalue weighted by Crippen LogP contribution is -2.15. The van der Waals surface area contributed by atoms with Gasteiger partial charge in [0.2, 0.25) is 0 Å². The molecule has 0 heterocycles. The van der Waals surface area contributed by atoms with Crippen molar-refractivity contribution >= 4 is 29.1 Å². The molecule has 1 fully saturated rings. The second kappa shape index (κ2) is 5.33. The van der Waals surface area contributed by atoms with Crippen molar-refractivity contribution in [1.29, 1.82) is 0 Å². The molecule has 16 heavy (non-hydrogen) atoms. The fourth-order valence-corrected chi connectivity index (χ4v) is 3.88. The number of nitrogens with two attached hydrogens (primary N) is 1. The van der Waals surface area contributed by atoms with Crippen LogP contribution in [0.1, 0.15) is 32.6 Å². The highest BCUT2D eigenvalue weighted by Gasteiger charge is 2.20. The van der Waals surface area contributed by atoms with E-state index in [1.807, 2.05) is 30.0 Å². The normalized spacial score (nSPS) is 25.6. The van der Waals surface area contributed by atoms with Gasteiger partial charge in [-0.15, -0.1) is 11.8 Å². The van der Waals surface area contributed by atoms with Crippen LogP contribution >= 0.6 is 23.4 Å². The Hall–Kier alpha value is -0.340. The van der Waals surface area contributed by atoms with Gasteiger partial charge in [-0.25, -0.2) is 0 Å². The Balaban J connectivity index is 2.02. The predicted octanol–water partition coefficient (Wildman–Crippen LogP) is 4.59. The van der Waals surface area contributed by atoms with Crippen LogP contribution < -0.4 is 5.73 Å². The van der Waals surface area contributed by atoms with Gasteiger partial charge in [0.05, 0.1) is 0 Å². The van der Waals surface area contributed by atoms with E-state index in [2.05, 4.69) is 6.92 Å². The topological polar surface area (TPSA) is 26.0 Å². The minimum atomic E-state index is 0.721. The molecule has 1 aromatic rings. The van der Waals surface area contributed by atoms with Gasteiger partial charge in [0.15, 0.2) is 0 Å². The van der Waals surface area contributed by atoms with Crippen LogP contribution in [0, 0.1) is 5.92 Å². The van der Waals surface area contributed by atoms with Crippen molar-refractivity contribution in [2.24, 2.45) is 5.92 Å². The first-order valence-electron chi connectivity index (χ1n) is 5.87. The zero-order valence-electron chi connectivity index (χ0n) is 9.58. The second-order valence-corrected chi connectivity index (χ2v) is 6.47. The van der Waals surface area contributed by atoms with Crippen LogP contribution in [0.4, 0.5) is 5.69 Å². The van der Waals surface area contributed by atoms with Gasteiger partial charge in [-0.05, 0) is 37.0 Å². The summed E-state index contributed by atoms with van der Waals surface area (Å²) in [5.74, 6) is 0.861. The molecular formula is C13H18ClNS. The highest BCUT2D eigenvalue weighted by molar-refractivity contribution is 8.00. The first kappa shape index (κ1) is 12.1. The summed E-state index contributed by atoms with van der Waals surface area (Å²) in [7, 11) is 0. The number of anilines is 1. The Labute approximate surface area is 107 Å². The Bertz CT molecular complexity index is 367. The van der Waals surface area contributed by atoms with E-state index in [1.54, 1.807) is 0 Å². The SMILES string of the molecule is CC1CCCC(Sc2ccc(Cl)cc2N)C1. The zero-order chi connectivity index (χ0) is 11.5. The maximum absolute atomic E-state index is 5.97. The van der Waals surface area contributed by atoms with Gasteiger partial charge in [0, 0.05) is 20.9 Å². The van der Waals surface area contributed by atoms with Crippen molar-refractivity contribution in [2.45, 2.75) is 42.8 Å². The number of thioether (sulfide) groups is 1. The number of halogens is 1. The molecule has 88 valence electrons. The Morgan fingerprint density at radius 2 is 2.19 bits per heavy atom. The van der Waals surface area contributed by atoms with E-state index in [-0.39, 0.29) is 0 Å². The molecule has 0 spiro atoms. The summed E-state index contributed by atoms with van der Waals surface area (Å²) in [5.41, 5.74) is 6.78. The van der Waals surface area contributed by atoms with E-state index >= 15 is 0 Å². The number of nitrogen functional groups attached to an aromatic ring is 1. The van der Waals surface area contributed by atoms with E-state index < -0.39 is 0 Å². The molecule has 1 aromatic carbocycles. The zero-order valence-corrected chi connectivity index (χ0v) is 11.2. The summed E-state index contributed by atoms with van der Waals surface area (Å²) >= 11 is 7.81. The fraction of sp³-hybridized carbons (Fsp3) is 0.538. The fourth-order valence-electron chi connectivity index (χ4n) is 2.29. The Kier molecular flexibility index (Phi) is 4.04. The van der Waals surface area contributed by atoms with Crippen molar-refractivity contribution < 1.29 is 0 Å². The highest BCUT2D eigenvalue weighted by atomic mass is 35.5. The average molecular weight is 256 g/mol. The molecule has 0 aliphatic heterocycles. The third-order valence-corrected chi connectivity index (χ3v) is 4.78. The molecule has 1 aliphatic rings. The third kappa shape index (κ3) is 3.08. The second-order valence-electron chi connectivity index (χ2n) is 4.69. The summed E-state index contributed by atoms with van der Waals surface area (Å²) in [5, 5.41) is 1.45. The molecule has 2 unspecified atom stereocenters. The van der Waals surface area contributed by atoms with Gasteiger partial charge in [0.25, 0.3) is 0 Å². The molecule has 0 saturated heterocycles. The molecule has 1 aliphatic carbocycles.